The third-order valence-corrected chi connectivity index (χ3v) is 4.93. The minimum Gasteiger partial charge on any atom is -0.486 e. The number of thiazole rings is 1. The van der Waals surface area contributed by atoms with E-state index >= 15 is 0 Å². The molecule has 1 N–H and O–H groups in total. The molecule has 1 saturated heterocycles. The smallest absolute Gasteiger partial charge is 0.140 e. The van der Waals surface area contributed by atoms with Crippen LogP contribution in [0.4, 0.5) is 0 Å². The molecule has 4 nitrogen and oxygen atoms in total. The van der Waals surface area contributed by atoms with Crippen molar-refractivity contribution in [2.75, 3.05) is 19.7 Å². The molecule has 0 saturated carbocycles. The van der Waals surface area contributed by atoms with Crippen LogP contribution in [0.3, 0.4) is 0 Å². The molecule has 5 heteroatoms. The molecular weight excluding hydrogens is 296 g/mol. The lowest BCUT2D eigenvalue weighted by atomic mass is 9.98. The number of nitrogens with zero attached hydrogens (tertiary/aromatic N) is 2. The fraction of sp³-hybridized carbons (Fsp3) is 0.471. The average Bonchev–Trinajstić information content (AvgIpc) is 3.02. The van der Waals surface area contributed by atoms with E-state index in [9.17, 15) is 5.11 Å². The normalized spacial score (nSPS) is 16.8. The zero-order valence-corrected chi connectivity index (χ0v) is 13.5. The minimum absolute atomic E-state index is 0.325. The van der Waals surface area contributed by atoms with Crippen LogP contribution in [-0.2, 0) is 13.2 Å². The van der Waals surface area contributed by atoms with Gasteiger partial charge in [0.2, 0.25) is 0 Å². The molecule has 1 aliphatic heterocycles. The van der Waals surface area contributed by atoms with Crippen LogP contribution in [0.1, 0.15) is 23.5 Å². The number of hydrogen-bond acceptors (Lipinski definition) is 5. The molecule has 1 aliphatic rings. The SMILES string of the molecule is OCC1CCN(Cc2csc(COc3ccccc3)n2)CC1. The van der Waals surface area contributed by atoms with Crippen LogP contribution in [0.5, 0.6) is 5.75 Å². The lowest BCUT2D eigenvalue weighted by molar-refractivity contribution is 0.126. The third-order valence-electron chi connectivity index (χ3n) is 4.06. The topological polar surface area (TPSA) is 45.6 Å². The molecule has 0 aliphatic carbocycles. The number of rotatable bonds is 6. The highest BCUT2D eigenvalue weighted by Gasteiger charge is 2.19. The quantitative estimate of drug-likeness (QED) is 0.889. The molecule has 1 aromatic carbocycles. The summed E-state index contributed by atoms with van der Waals surface area (Å²) in [5, 5.41) is 12.3. The van der Waals surface area contributed by atoms with Crippen molar-refractivity contribution in [3.8, 4) is 5.75 Å². The summed E-state index contributed by atoms with van der Waals surface area (Å²) in [4.78, 5) is 7.08. The van der Waals surface area contributed by atoms with Crippen molar-refractivity contribution in [3.05, 3.63) is 46.4 Å². The van der Waals surface area contributed by atoms with E-state index in [4.69, 9.17) is 4.74 Å². The predicted octanol–water partition coefficient (Wildman–Crippen LogP) is 2.93. The maximum absolute atomic E-state index is 9.18. The second-order valence-electron chi connectivity index (χ2n) is 5.74. The van der Waals surface area contributed by atoms with Gasteiger partial charge in [-0.1, -0.05) is 18.2 Å². The lowest BCUT2D eigenvalue weighted by Crippen LogP contribution is -2.34. The average molecular weight is 318 g/mol. The highest BCUT2D eigenvalue weighted by atomic mass is 32.1. The molecule has 118 valence electrons. The second kappa shape index (κ2) is 7.72. The van der Waals surface area contributed by atoms with E-state index in [1.54, 1.807) is 11.3 Å². The number of aliphatic hydroxyl groups excluding tert-OH is 1. The van der Waals surface area contributed by atoms with Crippen molar-refractivity contribution < 1.29 is 9.84 Å². The molecular formula is C17H22N2O2S. The van der Waals surface area contributed by atoms with Gasteiger partial charge < -0.3 is 9.84 Å². The van der Waals surface area contributed by atoms with Crippen molar-refractivity contribution in [2.24, 2.45) is 5.92 Å². The first-order chi connectivity index (χ1) is 10.8. The Bertz CT molecular complexity index is 565. The van der Waals surface area contributed by atoms with Gasteiger partial charge in [-0.15, -0.1) is 11.3 Å². The molecule has 0 atom stereocenters. The molecule has 0 radical (unpaired) electrons. The summed E-state index contributed by atoms with van der Waals surface area (Å²) in [5.74, 6) is 1.37. The number of para-hydroxylation sites is 1. The molecule has 3 rings (SSSR count). The number of likely N-dealkylation sites (tertiary alicyclic amines) is 1. The van der Waals surface area contributed by atoms with Crippen molar-refractivity contribution >= 4 is 11.3 Å². The molecule has 2 aromatic rings. The Morgan fingerprint density at radius 3 is 2.73 bits per heavy atom. The third kappa shape index (κ3) is 4.29. The fourth-order valence-corrected chi connectivity index (χ4v) is 3.40. The molecule has 2 heterocycles. The Hall–Kier alpha value is -1.43. The standard InChI is InChI=1S/C17H22N2O2S/c20-11-14-6-8-19(9-7-14)10-15-13-22-17(18-15)12-21-16-4-2-1-3-5-16/h1-5,13-14,20H,6-12H2. The van der Waals surface area contributed by atoms with Gasteiger partial charge in [-0.2, -0.15) is 0 Å². The number of aliphatic hydroxyl groups is 1. The second-order valence-corrected chi connectivity index (χ2v) is 6.68. The molecule has 1 fully saturated rings. The van der Waals surface area contributed by atoms with Gasteiger partial charge in [0.15, 0.2) is 0 Å². The van der Waals surface area contributed by atoms with Crippen LogP contribution in [0.25, 0.3) is 0 Å². The van der Waals surface area contributed by atoms with Crippen molar-refractivity contribution in [2.45, 2.75) is 26.0 Å². The van der Waals surface area contributed by atoms with Crippen LogP contribution < -0.4 is 4.74 Å². The zero-order chi connectivity index (χ0) is 15.2. The Labute approximate surface area is 135 Å². The number of benzene rings is 1. The van der Waals surface area contributed by atoms with E-state index in [-0.39, 0.29) is 0 Å². The van der Waals surface area contributed by atoms with Crippen LogP contribution in [0.2, 0.25) is 0 Å². The summed E-state index contributed by atoms with van der Waals surface area (Å²) >= 11 is 1.66. The fourth-order valence-electron chi connectivity index (χ4n) is 2.71. The molecule has 0 amide bonds. The van der Waals surface area contributed by atoms with Gasteiger partial charge in [0, 0.05) is 18.5 Å². The van der Waals surface area contributed by atoms with Crippen LogP contribution in [0.15, 0.2) is 35.7 Å². The van der Waals surface area contributed by atoms with E-state index in [1.165, 1.54) is 0 Å². The molecule has 22 heavy (non-hydrogen) atoms. The van der Waals surface area contributed by atoms with Gasteiger partial charge in [-0.25, -0.2) is 4.98 Å². The first kappa shape index (κ1) is 15.5. The maximum atomic E-state index is 9.18. The van der Waals surface area contributed by atoms with Gasteiger partial charge in [0.1, 0.15) is 17.4 Å². The number of aromatic nitrogens is 1. The van der Waals surface area contributed by atoms with Gasteiger partial charge in [0.05, 0.1) is 5.69 Å². The largest absolute Gasteiger partial charge is 0.486 e. The molecule has 0 bridgehead atoms. The summed E-state index contributed by atoms with van der Waals surface area (Å²) in [7, 11) is 0. The highest BCUT2D eigenvalue weighted by molar-refractivity contribution is 7.09. The first-order valence-corrected chi connectivity index (χ1v) is 8.66. The number of piperidine rings is 1. The van der Waals surface area contributed by atoms with E-state index < -0.39 is 0 Å². The Morgan fingerprint density at radius 1 is 1.23 bits per heavy atom. The van der Waals surface area contributed by atoms with Gasteiger partial charge in [0.25, 0.3) is 0 Å². The van der Waals surface area contributed by atoms with E-state index in [0.29, 0.717) is 19.1 Å². The van der Waals surface area contributed by atoms with Crippen LogP contribution >= 0.6 is 11.3 Å². The Morgan fingerprint density at radius 2 is 2.00 bits per heavy atom. The predicted molar refractivity (Wildman–Crippen MR) is 88.0 cm³/mol. The molecule has 0 spiro atoms. The summed E-state index contributed by atoms with van der Waals surface area (Å²) < 4.78 is 5.73. The van der Waals surface area contributed by atoms with E-state index in [1.807, 2.05) is 30.3 Å². The van der Waals surface area contributed by atoms with E-state index in [0.717, 1.165) is 48.9 Å². The summed E-state index contributed by atoms with van der Waals surface area (Å²) in [5.41, 5.74) is 1.12. The highest BCUT2D eigenvalue weighted by Crippen LogP contribution is 2.20. The Kier molecular flexibility index (Phi) is 5.43. The van der Waals surface area contributed by atoms with Crippen molar-refractivity contribution in [1.29, 1.82) is 0 Å². The summed E-state index contributed by atoms with van der Waals surface area (Å²) in [6.07, 6.45) is 2.18. The summed E-state index contributed by atoms with van der Waals surface area (Å²) in [6.45, 7) is 3.87. The van der Waals surface area contributed by atoms with Crippen LogP contribution in [0, 0.1) is 5.92 Å². The van der Waals surface area contributed by atoms with Gasteiger partial charge in [-0.05, 0) is 44.0 Å². The maximum Gasteiger partial charge on any atom is 0.140 e. The summed E-state index contributed by atoms with van der Waals surface area (Å²) in [6, 6.07) is 9.84. The van der Waals surface area contributed by atoms with Gasteiger partial charge in [-0.3, -0.25) is 4.90 Å². The molecule has 1 aromatic heterocycles. The van der Waals surface area contributed by atoms with E-state index in [2.05, 4.69) is 15.3 Å². The number of hydrogen-bond donors (Lipinski definition) is 1. The van der Waals surface area contributed by atoms with Crippen LogP contribution in [-0.4, -0.2) is 34.7 Å². The van der Waals surface area contributed by atoms with Crippen molar-refractivity contribution in [1.82, 2.24) is 9.88 Å². The van der Waals surface area contributed by atoms with Crippen molar-refractivity contribution in [3.63, 3.8) is 0 Å². The van der Waals surface area contributed by atoms with Gasteiger partial charge >= 0.3 is 0 Å². The Balaban J connectivity index is 1.47. The monoisotopic (exact) mass is 318 g/mol. The zero-order valence-electron chi connectivity index (χ0n) is 12.6. The minimum atomic E-state index is 0.325. The number of ether oxygens (including phenoxy) is 1. The lowest BCUT2D eigenvalue weighted by Gasteiger charge is -2.30. The first-order valence-electron chi connectivity index (χ1n) is 7.78. The molecule has 0 unspecified atom stereocenters.